The Morgan fingerprint density at radius 1 is 1.37 bits per heavy atom. The first-order chi connectivity index (χ1) is 13.0. The average Bonchev–Trinajstić information content (AvgIpc) is 3.11. The Labute approximate surface area is 172 Å². The number of carbonyl (C=O) groups is 1. The summed E-state index contributed by atoms with van der Waals surface area (Å²) in [5.41, 5.74) is 1.00. The summed E-state index contributed by atoms with van der Waals surface area (Å²) in [6.07, 6.45) is 0. The van der Waals surface area contributed by atoms with Crippen LogP contribution in [0.15, 0.2) is 46.0 Å². The van der Waals surface area contributed by atoms with Gasteiger partial charge in [-0.1, -0.05) is 39.3 Å². The minimum Gasteiger partial charge on any atom is -0.507 e. The molecule has 0 aliphatic heterocycles. The summed E-state index contributed by atoms with van der Waals surface area (Å²) in [7, 11) is 1.51. The maximum atomic E-state index is 12.2. The number of nitrogens with zero attached hydrogens (tertiary/aromatic N) is 2. The molecule has 3 N–H and O–H groups in total. The molecule has 10 heteroatoms. The third kappa shape index (κ3) is 4.94. The quantitative estimate of drug-likeness (QED) is 0.465. The monoisotopic (exact) mass is 468 g/mol. The van der Waals surface area contributed by atoms with Crippen LogP contribution in [0.3, 0.4) is 0 Å². The number of rotatable bonds is 6. The zero-order valence-corrected chi connectivity index (χ0v) is 17.2. The van der Waals surface area contributed by atoms with Crippen LogP contribution in [0.25, 0.3) is 11.4 Å². The van der Waals surface area contributed by atoms with Crippen molar-refractivity contribution in [1.29, 1.82) is 0 Å². The number of hydrogen-bond donors (Lipinski definition) is 3. The molecule has 0 spiro atoms. The summed E-state index contributed by atoms with van der Waals surface area (Å²) in [5.74, 6) is 0.849. The van der Waals surface area contributed by atoms with Gasteiger partial charge in [0.25, 0.3) is 0 Å². The number of phenolic OH excluding ortho intramolecular Hbond substituents is 1. The van der Waals surface area contributed by atoms with Crippen molar-refractivity contribution in [3.05, 3.63) is 45.9 Å². The number of aromatic nitrogens is 3. The van der Waals surface area contributed by atoms with Crippen molar-refractivity contribution in [2.45, 2.75) is 5.16 Å². The van der Waals surface area contributed by atoms with Gasteiger partial charge in [-0.15, -0.1) is 5.10 Å². The summed E-state index contributed by atoms with van der Waals surface area (Å²) >= 11 is 10.5. The molecule has 0 atom stereocenters. The lowest BCUT2D eigenvalue weighted by molar-refractivity contribution is -0.113. The van der Waals surface area contributed by atoms with Crippen LogP contribution in [-0.4, -0.2) is 39.1 Å². The van der Waals surface area contributed by atoms with Crippen LogP contribution in [0.2, 0.25) is 5.02 Å². The highest BCUT2D eigenvalue weighted by Crippen LogP contribution is 2.31. The van der Waals surface area contributed by atoms with Crippen molar-refractivity contribution >= 4 is 50.9 Å². The second kappa shape index (κ2) is 8.64. The van der Waals surface area contributed by atoms with E-state index in [1.165, 1.54) is 7.11 Å². The van der Waals surface area contributed by atoms with Gasteiger partial charge < -0.3 is 15.2 Å². The van der Waals surface area contributed by atoms with E-state index in [0.717, 1.165) is 16.2 Å². The van der Waals surface area contributed by atoms with Crippen LogP contribution in [-0.2, 0) is 4.79 Å². The lowest BCUT2D eigenvalue weighted by Gasteiger charge is -2.09. The maximum absolute atomic E-state index is 12.2. The molecule has 0 saturated carbocycles. The Morgan fingerprint density at radius 2 is 2.19 bits per heavy atom. The number of nitrogens with one attached hydrogen (secondary N) is 2. The average molecular weight is 470 g/mol. The summed E-state index contributed by atoms with van der Waals surface area (Å²) < 4.78 is 6.00. The van der Waals surface area contributed by atoms with Crippen LogP contribution < -0.4 is 10.1 Å². The van der Waals surface area contributed by atoms with E-state index in [1.54, 1.807) is 36.4 Å². The fourth-order valence-electron chi connectivity index (χ4n) is 2.22. The van der Waals surface area contributed by atoms with Gasteiger partial charge in [0.2, 0.25) is 11.1 Å². The first-order valence-electron chi connectivity index (χ1n) is 7.63. The van der Waals surface area contributed by atoms with Gasteiger partial charge in [-0.05, 0) is 36.4 Å². The first-order valence-corrected chi connectivity index (χ1v) is 9.79. The number of H-pyrrole nitrogens is 1. The van der Waals surface area contributed by atoms with Crippen LogP contribution in [0.4, 0.5) is 5.69 Å². The number of carbonyl (C=O) groups excluding carboxylic acids is 1. The first kappa shape index (κ1) is 19.5. The van der Waals surface area contributed by atoms with E-state index in [4.69, 9.17) is 16.3 Å². The van der Waals surface area contributed by atoms with Crippen molar-refractivity contribution < 1.29 is 14.6 Å². The molecule has 27 heavy (non-hydrogen) atoms. The Balaban J connectivity index is 1.64. The number of aromatic amines is 1. The topological polar surface area (TPSA) is 100 Å². The Morgan fingerprint density at radius 3 is 2.96 bits per heavy atom. The summed E-state index contributed by atoms with van der Waals surface area (Å²) in [4.78, 5) is 16.5. The molecule has 0 saturated heterocycles. The molecule has 0 aliphatic carbocycles. The smallest absolute Gasteiger partial charge is 0.234 e. The largest absolute Gasteiger partial charge is 0.507 e. The van der Waals surface area contributed by atoms with E-state index < -0.39 is 0 Å². The number of hydrogen-bond acceptors (Lipinski definition) is 6. The molecule has 0 bridgehead atoms. The number of aromatic hydroxyl groups is 1. The van der Waals surface area contributed by atoms with Gasteiger partial charge in [0.15, 0.2) is 5.82 Å². The molecular formula is C17H14BrClN4O3S. The lowest BCUT2D eigenvalue weighted by Crippen LogP contribution is -2.14. The predicted octanol–water partition coefficient (Wildman–Crippen LogP) is 4.33. The highest BCUT2D eigenvalue weighted by atomic mass is 79.9. The number of benzene rings is 2. The summed E-state index contributed by atoms with van der Waals surface area (Å²) in [6, 6.07) is 9.97. The van der Waals surface area contributed by atoms with E-state index in [2.05, 4.69) is 36.4 Å². The Kier molecular flexibility index (Phi) is 6.25. The fourth-order valence-corrected chi connectivity index (χ4v) is 3.36. The second-order valence-corrected chi connectivity index (χ2v) is 7.60. The number of amides is 1. The van der Waals surface area contributed by atoms with Gasteiger partial charge in [0, 0.05) is 9.50 Å². The molecule has 0 fully saturated rings. The van der Waals surface area contributed by atoms with Crippen LogP contribution >= 0.6 is 39.3 Å². The number of phenols is 1. The molecule has 2 aromatic carbocycles. The summed E-state index contributed by atoms with van der Waals surface area (Å²) in [5, 5.41) is 20.4. The Hall–Kier alpha value is -2.23. The molecule has 1 amide bonds. The Bertz CT molecular complexity index is 983. The molecule has 0 unspecified atom stereocenters. The van der Waals surface area contributed by atoms with Crippen molar-refractivity contribution in [3.63, 3.8) is 0 Å². The van der Waals surface area contributed by atoms with Gasteiger partial charge in [0.1, 0.15) is 11.5 Å². The molecule has 1 heterocycles. The minimum atomic E-state index is -0.253. The number of methoxy groups -OCH3 is 1. The van der Waals surface area contributed by atoms with Crippen molar-refractivity contribution in [2.75, 3.05) is 18.2 Å². The summed E-state index contributed by atoms with van der Waals surface area (Å²) in [6.45, 7) is 0. The maximum Gasteiger partial charge on any atom is 0.234 e. The van der Waals surface area contributed by atoms with E-state index in [9.17, 15) is 9.90 Å². The molecule has 0 aliphatic rings. The second-order valence-electron chi connectivity index (χ2n) is 5.31. The van der Waals surface area contributed by atoms with Crippen molar-refractivity contribution in [1.82, 2.24) is 15.2 Å². The van der Waals surface area contributed by atoms with Gasteiger partial charge >= 0.3 is 0 Å². The zero-order chi connectivity index (χ0) is 19.4. The van der Waals surface area contributed by atoms with E-state index in [1.807, 2.05) is 0 Å². The zero-order valence-electron chi connectivity index (χ0n) is 14.0. The van der Waals surface area contributed by atoms with E-state index in [0.29, 0.717) is 33.0 Å². The molecular weight excluding hydrogens is 456 g/mol. The highest BCUT2D eigenvalue weighted by molar-refractivity contribution is 9.10. The van der Waals surface area contributed by atoms with Gasteiger partial charge in [-0.25, -0.2) is 4.98 Å². The minimum absolute atomic E-state index is 0.0803. The van der Waals surface area contributed by atoms with Crippen LogP contribution in [0, 0.1) is 0 Å². The van der Waals surface area contributed by atoms with Crippen LogP contribution in [0.5, 0.6) is 11.5 Å². The fraction of sp³-hybridized carbons (Fsp3) is 0.118. The SMILES string of the molecule is COc1ccc(Cl)cc1NC(=O)CSc1n[nH]c(-c2cc(Br)ccc2O)n1. The third-order valence-electron chi connectivity index (χ3n) is 3.45. The lowest BCUT2D eigenvalue weighted by atomic mass is 10.2. The van der Waals surface area contributed by atoms with Crippen LogP contribution in [0.1, 0.15) is 0 Å². The molecule has 140 valence electrons. The van der Waals surface area contributed by atoms with E-state index in [-0.39, 0.29) is 17.4 Å². The molecule has 1 aromatic heterocycles. The van der Waals surface area contributed by atoms with Gasteiger partial charge in [0.05, 0.1) is 24.1 Å². The number of anilines is 1. The highest BCUT2D eigenvalue weighted by Gasteiger charge is 2.13. The predicted molar refractivity (Wildman–Crippen MR) is 109 cm³/mol. The number of thioether (sulfide) groups is 1. The van der Waals surface area contributed by atoms with Gasteiger partial charge in [-0.3, -0.25) is 9.89 Å². The van der Waals surface area contributed by atoms with E-state index >= 15 is 0 Å². The standard InChI is InChI=1S/C17H14BrClN4O3S/c1-26-14-5-3-10(19)7-12(14)20-15(25)8-27-17-21-16(22-23-17)11-6-9(18)2-4-13(11)24/h2-7,24H,8H2,1H3,(H,20,25)(H,21,22,23). The van der Waals surface area contributed by atoms with Crippen molar-refractivity contribution in [3.8, 4) is 22.9 Å². The number of ether oxygens (including phenoxy) is 1. The van der Waals surface area contributed by atoms with Crippen molar-refractivity contribution in [2.24, 2.45) is 0 Å². The molecule has 0 radical (unpaired) electrons. The molecule has 7 nitrogen and oxygen atoms in total. The number of halogens is 2. The third-order valence-corrected chi connectivity index (χ3v) is 5.02. The molecule has 3 aromatic rings. The van der Waals surface area contributed by atoms with Gasteiger partial charge in [-0.2, -0.15) is 0 Å². The molecule has 3 rings (SSSR count). The normalized spacial score (nSPS) is 10.6.